The van der Waals surface area contributed by atoms with E-state index in [2.05, 4.69) is 24.8 Å². The van der Waals surface area contributed by atoms with Gasteiger partial charge in [-0.05, 0) is 30.2 Å². The minimum absolute atomic E-state index is 0.292. The Morgan fingerprint density at radius 1 is 0.889 bits per heavy atom. The number of rotatable bonds is 2. The molecule has 18 heavy (non-hydrogen) atoms. The van der Waals surface area contributed by atoms with Gasteiger partial charge < -0.3 is 5.11 Å². The summed E-state index contributed by atoms with van der Waals surface area (Å²) in [6.07, 6.45) is 5.86. The van der Waals surface area contributed by atoms with Crippen LogP contribution in [-0.2, 0) is 0 Å². The van der Waals surface area contributed by atoms with Gasteiger partial charge in [0.15, 0.2) is 0 Å². The number of benzene rings is 2. The Hall–Kier alpha value is -2.28. The summed E-state index contributed by atoms with van der Waals surface area (Å²) >= 11 is 0. The summed E-state index contributed by atoms with van der Waals surface area (Å²) in [7, 11) is 0. The minimum atomic E-state index is 0.292. The van der Waals surface area contributed by atoms with Crippen LogP contribution in [0.1, 0.15) is 18.1 Å². The zero-order valence-electron chi connectivity index (χ0n) is 10.6. The van der Waals surface area contributed by atoms with E-state index in [0.29, 0.717) is 5.75 Å². The molecule has 0 aromatic heterocycles. The molecule has 0 saturated carbocycles. The fourth-order valence-corrected chi connectivity index (χ4v) is 1.37. The fourth-order valence-electron chi connectivity index (χ4n) is 1.37. The third kappa shape index (κ3) is 5.17. The number of hydrogen-bond acceptors (Lipinski definition) is 1. The smallest absolute Gasteiger partial charge is 0.115 e. The topological polar surface area (TPSA) is 20.2 Å². The second kappa shape index (κ2) is 7.91. The van der Waals surface area contributed by atoms with E-state index < -0.39 is 0 Å². The quantitative estimate of drug-likeness (QED) is 0.800. The molecule has 0 saturated heterocycles. The molecular formula is C17H18O. The summed E-state index contributed by atoms with van der Waals surface area (Å²) in [5, 5.41) is 8.82. The molecule has 1 heteroatoms. The van der Waals surface area contributed by atoms with Crippen LogP contribution in [0, 0.1) is 0 Å². The Labute approximate surface area is 109 Å². The molecule has 0 amide bonds. The van der Waals surface area contributed by atoms with Crippen LogP contribution in [0.2, 0.25) is 0 Å². The molecule has 0 aliphatic heterocycles. The standard InChI is InChI=1S/C9H10.C8H8O/c1-2-6-9-7-4-3-5-8-9;1-2-7-3-5-8(9)6-4-7/h2-8H,1H3;2-6,9H,1H2. The Bertz CT molecular complexity index is 481. The third-order valence-electron chi connectivity index (χ3n) is 2.29. The van der Waals surface area contributed by atoms with E-state index in [1.165, 1.54) is 5.56 Å². The first-order valence-electron chi connectivity index (χ1n) is 5.85. The van der Waals surface area contributed by atoms with Gasteiger partial charge in [-0.15, -0.1) is 0 Å². The lowest BCUT2D eigenvalue weighted by Gasteiger charge is -1.90. The van der Waals surface area contributed by atoms with Crippen molar-refractivity contribution in [2.45, 2.75) is 6.92 Å². The number of aromatic hydroxyl groups is 1. The summed E-state index contributed by atoms with van der Waals surface area (Å²) in [4.78, 5) is 0. The highest BCUT2D eigenvalue weighted by Gasteiger charge is 1.84. The highest BCUT2D eigenvalue weighted by atomic mass is 16.3. The van der Waals surface area contributed by atoms with E-state index in [1.807, 2.05) is 43.3 Å². The van der Waals surface area contributed by atoms with Crippen LogP contribution in [0.15, 0.2) is 67.3 Å². The molecule has 92 valence electrons. The molecule has 0 bridgehead atoms. The van der Waals surface area contributed by atoms with Crippen molar-refractivity contribution in [3.05, 3.63) is 78.4 Å². The van der Waals surface area contributed by atoms with Crippen LogP contribution in [0.5, 0.6) is 5.75 Å². The first-order valence-corrected chi connectivity index (χ1v) is 5.85. The van der Waals surface area contributed by atoms with Gasteiger partial charge in [0.2, 0.25) is 0 Å². The Morgan fingerprint density at radius 3 is 2.00 bits per heavy atom. The highest BCUT2D eigenvalue weighted by Crippen LogP contribution is 2.09. The van der Waals surface area contributed by atoms with E-state index in [-0.39, 0.29) is 0 Å². The van der Waals surface area contributed by atoms with E-state index in [1.54, 1.807) is 18.2 Å². The molecule has 0 atom stereocenters. The van der Waals surface area contributed by atoms with Gasteiger partial charge in [0.25, 0.3) is 0 Å². The van der Waals surface area contributed by atoms with Gasteiger partial charge in [0, 0.05) is 0 Å². The molecule has 1 N–H and O–H groups in total. The molecule has 2 aromatic carbocycles. The van der Waals surface area contributed by atoms with Crippen molar-refractivity contribution in [3.8, 4) is 5.75 Å². The molecule has 0 fully saturated rings. The summed E-state index contributed by atoms with van der Waals surface area (Å²) in [5.74, 6) is 0.292. The monoisotopic (exact) mass is 238 g/mol. The Morgan fingerprint density at radius 2 is 1.50 bits per heavy atom. The van der Waals surface area contributed by atoms with Crippen LogP contribution in [-0.4, -0.2) is 5.11 Å². The van der Waals surface area contributed by atoms with E-state index in [9.17, 15) is 0 Å². The van der Waals surface area contributed by atoms with Crippen LogP contribution in [0.25, 0.3) is 12.2 Å². The molecule has 0 spiro atoms. The third-order valence-corrected chi connectivity index (χ3v) is 2.29. The van der Waals surface area contributed by atoms with Crippen molar-refractivity contribution in [2.24, 2.45) is 0 Å². The lowest BCUT2D eigenvalue weighted by Crippen LogP contribution is -1.67. The van der Waals surface area contributed by atoms with Crippen LogP contribution >= 0.6 is 0 Å². The first kappa shape index (κ1) is 13.8. The van der Waals surface area contributed by atoms with Crippen molar-refractivity contribution in [1.29, 1.82) is 0 Å². The zero-order chi connectivity index (χ0) is 13.2. The van der Waals surface area contributed by atoms with Gasteiger partial charge in [0.05, 0.1) is 0 Å². The van der Waals surface area contributed by atoms with Crippen LogP contribution < -0.4 is 0 Å². The van der Waals surface area contributed by atoms with Crippen molar-refractivity contribution in [3.63, 3.8) is 0 Å². The molecular weight excluding hydrogens is 220 g/mol. The normalized spacial score (nSPS) is 9.61. The molecule has 1 nitrogen and oxygen atoms in total. The number of phenols is 1. The summed E-state index contributed by atoms with van der Waals surface area (Å²) < 4.78 is 0. The molecule has 0 heterocycles. The van der Waals surface area contributed by atoms with Gasteiger partial charge >= 0.3 is 0 Å². The van der Waals surface area contributed by atoms with Crippen LogP contribution in [0.4, 0.5) is 0 Å². The summed E-state index contributed by atoms with van der Waals surface area (Å²) in [6.45, 7) is 5.60. The van der Waals surface area contributed by atoms with Crippen molar-refractivity contribution >= 4 is 12.2 Å². The highest BCUT2D eigenvalue weighted by molar-refractivity contribution is 5.48. The number of allylic oxidation sites excluding steroid dienone is 1. The average molecular weight is 238 g/mol. The number of hydrogen-bond donors (Lipinski definition) is 1. The van der Waals surface area contributed by atoms with E-state index >= 15 is 0 Å². The Balaban J connectivity index is 0.000000180. The maximum atomic E-state index is 8.82. The maximum absolute atomic E-state index is 8.82. The van der Waals surface area contributed by atoms with Gasteiger partial charge in [-0.3, -0.25) is 0 Å². The van der Waals surface area contributed by atoms with Gasteiger partial charge in [-0.25, -0.2) is 0 Å². The lowest BCUT2D eigenvalue weighted by atomic mass is 10.2. The first-order chi connectivity index (χ1) is 8.76. The number of phenolic OH excluding ortho intramolecular Hbond substituents is 1. The molecule has 2 rings (SSSR count). The summed E-state index contributed by atoms with van der Waals surface area (Å²) in [6, 6.07) is 17.1. The van der Waals surface area contributed by atoms with Crippen LogP contribution in [0.3, 0.4) is 0 Å². The zero-order valence-corrected chi connectivity index (χ0v) is 10.6. The van der Waals surface area contributed by atoms with E-state index in [0.717, 1.165) is 5.56 Å². The van der Waals surface area contributed by atoms with Gasteiger partial charge in [-0.1, -0.05) is 67.3 Å². The molecule has 2 aromatic rings. The molecule has 0 radical (unpaired) electrons. The Kier molecular flexibility index (Phi) is 6.05. The summed E-state index contributed by atoms with van der Waals surface area (Å²) in [5.41, 5.74) is 2.28. The minimum Gasteiger partial charge on any atom is -0.508 e. The van der Waals surface area contributed by atoms with Crippen molar-refractivity contribution in [1.82, 2.24) is 0 Å². The fraction of sp³-hybridized carbons (Fsp3) is 0.0588. The predicted molar refractivity (Wildman–Crippen MR) is 79.3 cm³/mol. The molecule has 0 aliphatic carbocycles. The SMILES string of the molecule is C=Cc1ccc(O)cc1.CC=Cc1ccccc1. The maximum Gasteiger partial charge on any atom is 0.115 e. The average Bonchev–Trinajstić information content (AvgIpc) is 2.42. The van der Waals surface area contributed by atoms with E-state index in [4.69, 9.17) is 5.11 Å². The second-order valence-corrected chi connectivity index (χ2v) is 3.71. The van der Waals surface area contributed by atoms with Gasteiger partial charge in [-0.2, -0.15) is 0 Å². The van der Waals surface area contributed by atoms with Crippen molar-refractivity contribution in [2.75, 3.05) is 0 Å². The lowest BCUT2D eigenvalue weighted by molar-refractivity contribution is 0.475. The van der Waals surface area contributed by atoms with Gasteiger partial charge in [0.1, 0.15) is 5.75 Å². The predicted octanol–water partition coefficient (Wildman–Crippen LogP) is 4.75. The van der Waals surface area contributed by atoms with Crippen molar-refractivity contribution < 1.29 is 5.11 Å². The molecule has 0 unspecified atom stereocenters. The second-order valence-electron chi connectivity index (χ2n) is 3.71. The molecule has 0 aliphatic rings. The largest absolute Gasteiger partial charge is 0.508 e.